The van der Waals surface area contributed by atoms with E-state index in [2.05, 4.69) is 20.8 Å². The van der Waals surface area contributed by atoms with Crippen molar-refractivity contribution < 1.29 is 9.59 Å². The molecule has 0 aromatic carbocycles. The first kappa shape index (κ1) is 15.6. The van der Waals surface area contributed by atoms with E-state index in [9.17, 15) is 9.59 Å². The summed E-state index contributed by atoms with van der Waals surface area (Å²) in [5.41, 5.74) is 1.89. The lowest BCUT2D eigenvalue weighted by molar-refractivity contribution is -0.126. The predicted molar refractivity (Wildman–Crippen MR) is 90.8 cm³/mol. The van der Waals surface area contributed by atoms with E-state index in [4.69, 9.17) is 0 Å². The Labute approximate surface area is 140 Å². The summed E-state index contributed by atoms with van der Waals surface area (Å²) in [4.78, 5) is 24.2. The summed E-state index contributed by atoms with van der Waals surface area (Å²) >= 11 is 0. The second-order valence-corrected chi connectivity index (χ2v) is 9.35. The van der Waals surface area contributed by atoms with Crippen molar-refractivity contribution in [3.63, 3.8) is 0 Å². The minimum atomic E-state index is 0.204. The Morgan fingerprint density at radius 3 is 2.57 bits per heavy atom. The summed E-state index contributed by atoms with van der Waals surface area (Å²) in [6.07, 6.45) is 8.52. The number of Topliss-reactive ketones (excluding diaryl/α,β-unsaturated/α-hetero) is 1. The third-order valence-corrected chi connectivity index (χ3v) is 8.58. The Morgan fingerprint density at radius 1 is 1.13 bits per heavy atom. The normalized spacial score (nSPS) is 51.7. The Morgan fingerprint density at radius 2 is 1.87 bits per heavy atom. The van der Waals surface area contributed by atoms with Gasteiger partial charge in [0.25, 0.3) is 0 Å². The van der Waals surface area contributed by atoms with Gasteiger partial charge in [-0.05, 0) is 79.6 Å². The van der Waals surface area contributed by atoms with Crippen LogP contribution in [0.3, 0.4) is 0 Å². The second-order valence-electron chi connectivity index (χ2n) is 9.35. The molecule has 7 atom stereocenters. The van der Waals surface area contributed by atoms with Gasteiger partial charge in [-0.3, -0.25) is 9.59 Å². The summed E-state index contributed by atoms with van der Waals surface area (Å²) in [6.45, 7) is 8.97. The van der Waals surface area contributed by atoms with Crippen molar-refractivity contribution in [2.24, 2.45) is 40.4 Å². The van der Waals surface area contributed by atoms with Crippen LogP contribution in [0.5, 0.6) is 0 Å². The molecule has 4 aliphatic rings. The quantitative estimate of drug-likeness (QED) is 0.710. The zero-order valence-corrected chi connectivity index (χ0v) is 15.0. The van der Waals surface area contributed by atoms with Crippen molar-refractivity contribution in [3.05, 3.63) is 11.6 Å². The monoisotopic (exact) mass is 314 g/mol. The molecule has 7 unspecified atom stereocenters. The fourth-order valence-electron chi connectivity index (χ4n) is 7.50. The molecule has 0 amide bonds. The van der Waals surface area contributed by atoms with Crippen molar-refractivity contribution in [1.82, 2.24) is 0 Å². The number of ketones is 2. The van der Waals surface area contributed by atoms with Gasteiger partial charge < -0.3 is 0 Å². The largest absolute Gasteiger partial charge is 0.300 e. The van der Waals surface area contributed by atoms with Crippen LogP contribution in [0.1, 0.15) is 66.2 Å². The van der Waals surface area contributed by atoms with Crippen LogP contribution in [-0.4, -0.2) is 11.6 Å². The molecule has 0 bridgehead atoms. The van der Waals surface area contributed by atoms with Gasteiger partial charge >= 0.3 is 0 Å². The van der Waals surface area contributed by atoms with Crippen molar-refractivity contribution in [3.8, 4) is 0 Å². The van der Waals surface area contributed by atoms with Gasteiger partial charge in [0.05, 0.1) is 0 Å². The molecule has 0 radical (unpaired) electrons. The lowest BCUT2D eigenvalue weighted by Crippen LogP contribution is -2.45. The Bertz CT molecular complexity index is 603. The van der Waals surface area contributed by atoms with E-state index in [1.54, 1.807) is 6.92 Å². The molecule has 4 aliphatic carbocycles. The Hall–Kier alpha value is -0.920. The number of hydrogen-bond donors (Lipinski definition) is 0. The molecule has 0 heterocycles. The lowest BCUT2D eigenvalue weighted by atomic mass is 9.54. The van der Waals surface area contributed by atoms with Crippen LogP contribution in [-0.2, 0) is 9.59 Å². The fourth-order valence-corrected chi connectivity index (χ4v) is 7.50. The summed E-state index contributed by atoms with van der Waals surface area (Å²) < 4.78 is 0. The minimum absolute atomic E-state index is 0.204. The van der Waals surface area contributed by atoms with E-state index in [0.29, 0.717) is 29.3 Å². The summed E-state index contributed by atoms with van der Waals surface area (Å²) in [7, 11) is 0. The molecule has 2 heteroatoms. The third kappa shape index (κ3) is 1.87. The molecule has 0 aromatic heterocycles. The van der Waals surface area contributed by atoms with E-state index in [1.165, 1.54) is 24.8 Å². The fraction of sp³-hybridized carbons (Fsp3) is 0.810. The van der Waals surface area contributed by atoms with Crippen molar-refractivity contribution in [2.45, 2.75) is 66.2 Å². The number of hydrogen-bond acceptors (Lipinski definition) is 2. The highest BCUT2D eigenvalue weighted by Gasteiger charge is 2.63. The molecular weight excluding hydrogens is 284 g/mol. The van der Waals surface area contributed by atoms with E-state index < -0.39 is 0 Å². The van der Waals surface area contributed by atoms with Gasteiger partial charge in [-0.1, -0.05) is 26.3 Å². The molecule has 23 heavy (non-hydrogen) atoms. The highest BCUT2D eigenvalue weighted by molar-refractivity contribution is 5.92. The average Bonchev–Trinajstić information content (AvgIpc) is 2.94. The minimum Gasteiger partial charge on any atom is -0.300 e. The maximum atomic E-state index is 12.2. The van der Waals surface area contributed by atoms with Gasteiger partial charge in [0.1, 0.15) is 5.78 Å². The molecule has 3 fully saturated rings. The molecule has 2 nitrogen and oxygen atoms in total. The zero-order valence-electron chi connectivity index (χ0n) is 15.0. The molecule has 0 saturated heterocycles. The van der Waals surface area contributed by atoms with E-state index in [-0.39, 0.29) is 16.7 Å². The first-order valence-corrected chi connectivity index (χ1v) is 9.54. The summed E-state index contributed by atoms with van der Waals surface area (Å²) in [5.74, 6) is 3.59. The second kappa shape index (κ2) is 4.80. The molecular formula is C21H30O2. The molecule has 4 rings (SSSR count). The molecule has 0 N–H and O–H groups in total. The predicted octanol–water partition coefficient (Wildman–Crippen LogP) is 4.58. The third-order valence-electron chi connectivity index (χ3n) is 8.58. The molecule has 126 valence electrons. The molecule has 0 spiro atoms. The summed E-state index contributed by atoms with van der Waals surface area (Å²) in [5, 5.41) is 0. The summed E-state index contributed by atoms with van der Waals surface area (Å²) in [6, 6.07) is 0. The van der Waals surface area contributed by atoms with Gasteiger partial charge in [0.15, 0.2) is 5.78 Å². The number of rotatable bonds is 1. The van der Waals surface area contributed by atoms with Crippen LogP contribution in [0.15, 0.2) is 11.6 Å². The van der Waals surface area contributed by atoms with Gasteiger partial charge in [-0.2, -0.15) is 0 Å². The van der Waals surface area contributed by atoms with Gasteiger partial charge in [-0.15, -0.1) is 0 Å². The van der Waals surface area contributed by atoms with Crippen LogP contribution < -0.4 is 0 Å². The smallest absolute Gasteiger partial charge is 0.155 e. The SMILES string of the molecule is CC(=O)C1CCC2C3C(C)C4=CC(=O)CCC4(C)C3CCC12C. The number of allylic oxidation sites excluding steroid dienone is 2. The maximum Gasteiger partial charge on any atom is 0.155 e. The van der Waals surface area contributed by atoms with Crippen molar-refractivity contribution in [1.29, 1.82) is 0 Å². The van der Waals surface area contributed by atoms with Crippen molar-refractivity contribution >= 4 is 11.6 Å². The van der Waals surface area contributed by atoms with Crippen LogP contribution in [0.4, 0.5) is 0 Å². The lowest BCUT2D eigenvalue weighted by Gasteiger charge is -2.49. The van der Waals surface area contributed by atoms with Crippen LogP contribution in [0, 0.1) is 40.4 Å². The highest BCUT2D eigenvalue weighted by Crippen LogP contribution is 2.70. The zero-order chi connectivity index (χ0) is 16.6. The standard InChI is InChI=1S/C21H30O2/c1-12-18-11-14(23)7-9-21(18,4)17-8-10-20(3)15(13(2)22)5-6-16(20)19(12)17/h11-12,15-17,19H,5-10H2,1-4H3. The molecule has 3 saturated carbocycles. The topological polar surface area (TPSA) is 34.1 Å². The first-order valence-electron chi connectivity index (χ1n) is 9.54. The molecule has 0 aromatic rings. The maximum absolute atomic E-state index is 12.2. The van der Waals surface area contributed by atoms with Crippen LogP contribution in [0.25, 0.3) is 0 Å². The van der Waals surface area contributed by atoms with Gasteiger partial charge in [0, 0.05) is 12.3 Å². The van der Waals surface area contributed by atoms with Crippen LogP contribution in [0.2, 0.25) is 0 Å². The number of fused-ring (bicyclic) bond motifs is 5. The van der Waals surface area contributed by atoms with Crippen LogP contribution >= 0.6 is 0 Å². The average molecular weight is 314 g/mol. The Kier molecular flexibility index (Phi) is 3.26. The van der Waals surface area contributed by atoms with Crippen molar-refractivity contribution in [2.75, 3.05) is 0 Å². The number of carbonyl (C=O) groups is 2. The van der Waals surface area contributed by atoms with Gasteiger partial charge in [-0.25, -0.2) is 0 Å². The van der Waals surface area contributed by atoms with E-state index in [0.717, 1.165) is 25.2 Å². The highest BCUT2D eigenvalue weighted by atomic mass is 16.1. The Balaban J connectivity index is 1.75. The van der Waals surface area contributed by atoms with Gasteiger partial charge in [0.2, 0.25) is 0 Å². The first-order chi connectivity index (χ1) is 10.8. The number of carbonyl (C=O) groups excluding carboxylic acids is 2. The van der Waals surface area contributed by atoms with E-state index in [1.807, 2.05) is 6.08 Å². The molecule has 0 aliphatic heterocycles. The van der Waals surface area contributed by atoms with E-state index >= 15 is 0 Å².